The van der Waals surface area contributed by atoms with Gasteiger partial charge in [0.2, 0.25) is 0 Å². The maximum atomic E-state index is 13.7. The number of nitrogens with zero attached hydrogens (tertiary/aromatic N) is 1. The van der Waals surface area contributed by atoms with Crippen LogP contribution in [0.5, 0.6) is 0 Å². The number of amides is 1. The van der Waals surface area contributed by atoms with Crippen LogP contribution in [0.2, 0.25) is 0 Å². The van der Waals surface area contributed by atoms with E-state index in [2.05, 4.69) is 6.92 Å². The zero-order valence-corrected chi connectivity index (χ0v) is 11.7. The van der Waals surface area contributed by atoms with Crippen LogP contribution in [0, 0.1) is 11.7 Å². The molecule has 0 radical (unpaired) electrons. The van der Waals surface area contributed by atoms with E-state index in [1.807, 2.05) is 0 Å². The minimum absolute atomic E-state index is 0.454. The third kappa shape index (κ3) is 3.74. The third-order valence-corrected chi connectivity index (χ3v) is 3.83. The summed E-state index contributed by atoms with van der Waals surface area (Å²) in [7, 11) is 0. The fourth-order valence-corrected chi connectivity index (χ4v) is 2.50. The first-order chi connectivity index (χ1) is 9.79. The molecule has 1 saturated heterocycles. The normalized spacial score (nSPS) is 20.2. The van der Waals surface area contributed by atoms with Crippen molar-refractivity contribution in [3.8, 4) is 0 Å². The summed E-state index contributed by atoms with van der Waals surface area (Å²) in [5.74, 6) is -1.10. The molecule has 0 bridgehead atoms. The Morgan fingerprint density at radius 3 is 2.62 bits per heavy atom. The van der Waals surface area contributed by atoms with Gasteiger partial charge < -0.3 is 4.90 Å². The van der Waals surface area contributed by atoms with E-state index in [0.29, 0.717) is 37.2 Å². The molecule has 1 aromatic carbocycles. The lowest BCUT2D eigenvalue weighted by Crippen LogP contribution is -2.32. The zero-order valence-electron chi connectivity index (χ0n) is 11.7. The number of halogens is 4. The number of carbonyl (C=O) groups excluding carboxylic acids is 1. The molecule has 0 saturated carbocycles. The van der Waals surface area contributed by atoms with Crippen LogP contribution in [-0.4, -0.2) is 23.9 Å². The van der Waals surface area contributed by atoms with Crippen molar-refractivity contribution in [3.05, 3.63) is 35.1 Å². The topological polar surface area (TPSA) is 20.3 Å². The Kier molecular flexibility index (Phi) is 4.54. The summed E-state index contributed by atoms with van der Waals surface area (Å²) in [6.07, 6.45) is -2.05. The molecule has 6 heteroatoms. The number of benzene rings is 1. The maximum absolute atomic E-state index is 13.7. The van der Waals surface area contributed by atoms with E-state index < -0.39 is 29.0 Å². The van der Waals surface area contributed by atoms with Gasteiger partial charge in [0.25, 0.3) is 5.91 Å². The van der Waals surface area contributed by atoms with Crippen molar-refractivity contribution < 1.29 is 22.4 Å². The molecule has 0 aromatic heterocycles. The fourth-order valence-electron chi connectivity index (χ4n) is 2.50. The molecule has 1 atom stereocenters. The standard InChI is InChI=1S/C15H17F4NO/c1-10-3-2-7-20(8-6-10)14(21)12-9-11(15(17,18)19)4-5-13(12)16/h4-5,9-10H,2-3,6-8H2,1H3. The summed E-state index contributed by atoms with van der Waals surface area (Å²) in [4.78, 5) is 13.7. The Hall–Kier alpha value is -1.59. The number of hydrogen-bond acceptors (Lipinski definition) is 1. The molecule has 0 spiro atoms. The molecule has 116 valence electrons. The van der Waals surface area contributed by atoms with E-state index in [1.54, 1.807) is 0 Å². The second-order valence-electron chi connectivity index (χ2n) is 5.52. The quantitative estimate of drug-likeness (QED) is 0.715. The van der Waals surface area contributed by atoms with Crippen molar-refractivity contribution in [2.45, 2.75) is 32.4 Å². The highest BCUT2D eigenvalue weighted by Gasteiger charge is 2.32. The summed E-state index contributed by atoms with van der Waals surface area (Å²) in [5.41, 5.74) is -1.50. The molecule has 1 aliphatic heterocycles. The van der Waals surface area contributed by atoms with Gasteiger partial charge in [-0.3, -0.25) is 4.79 Å². The van der Waals surface area contributed by atoms with E-state index in [4.69, 9.17) is 0 Å². The van der Waals surface area contributed by atoms with E-state index in [9.17, 15) is 22.4 Å². The molecule has 21 heavy (non-hydrogen) atoms. The van der Waals surface area contributed by atoms with Crippen LogP contribution in [0.4, 0.5) is 17.6 Å². The van der Waals surface area contributed by atoms with Crippen molar-refractivity contribution >= 4 is 5.91 Å². The smallest absolute Gasteiger partial charge is 0.339 e. The first-order valence-electron chi connectivity index (χ1n) is 6.95. The average Bonchev–Trinajstić information content (AvgIpc) is 2.62. The van der Waals surface area contributed by atoms with Gasteiger partial charge in [-0.15, -0.1) is 0 Å². The lowest BCUT2D eigenvalue weighted by molar-refractivity contribution is -0.137. The summed E-state index contributed by atoms with van der Waals surface area (Å²) in [5, 5.41) is 0. The molecule has 0 N–H and O–H groups in total. The highest BCUT2D eigenvalue weighted by atomic mass is 19.4. The maximum Gasteiger partial charge on any atom is 0.416 e. The van der Waals surface area contributed by atoms with Crippen LogP contribution in [0.25, 0.3) is 0 Å². The molecule has 2 rings (SSSR count). The number of carbonyl (C=O) groups is 1. The minimum Gasteiger partial charge on any atom is -0.339 e. The zero-order chi connectivity index (χ0) is 15.6. The van der Waals surface area contributed by atoms with Crippen LogP contribution >= 0.6 is 0 Å². The summed E-state index contributed by atoms with van der Waals surface area (Å²) < 4.78 is 51.7. The predicted octanol–water partition coefficient (Wildman–Crippen LogP) is 4.11. The monoisotopic (exact) mass is 303 g/mol. The van der Waals surface area contributed by atoms with Gasteiger partial charge in [-0.1, -0.05) is 6.92 Å². The van der Waals surface area contributed by atoms with Gasteiger partial charge in [0, 0.05) is 13.1 Å². The fraction of sp³-hybridized carbons (Fsp3) is 0.533. The van der Waals surface area contributed by atoms with E-state index in [-0.39, 0.29) is 0 Å². The van der Waals surface area contributed by atoms with Crippen LogP contribution in [0.15, 0.2) is 18.2 Å². The van der Waals surface area contributed by atoms with Crippen molar-refractivity contribution in [1.29, 1.82) is 0 Å². The Labute approximate surface area is 120 Å². The van der Waals surface area contributed by atoms with Gasteiger partial charge >= 0.3 is 6.18 Å². The molecule has 0 aliphatic carbocycles. The molecule has 1 heterocycles. The van der Waals surface area contributed by atoms with E-state index in [0.717, 1.165) is 19.3 Å². The molecule has 1 amide bonds. The van der Waals surface area contributed by atoms with Crippen molar-refractivity contribution in [2.24, 2.45) is 5.92 Å². The molecule has 2 nitrogen and oxygen atoms in total. The summed E-state index contributed by atoms with van der Waals surface area (Å²) >= 11 is 0. The van der Waals surface area contributed by atoms with Gasteiger partial charge in [-0.25, -0.2) is 4.39 Å². The molecular formula is C15H17F4NO. The van der Waals surface area contributed by atoms with Crippen LogP contribution < -0.4 is 0 Å². The average molecular weight is 303 g/mol. The van der Waals surface area contributed by atoms with E-state index >= 15 is 0 Å². The first kappa shape index (κ1) is 15.8. The number of hydrogen-bond donors (Lipinski definition) is 0. The second kappa shape index (κ2) is 6.03. The molecular weight excluding hydrogens is 286 g/mol. The molecule has 1 fully saturated rings. The highest BCUT2D eigenvalue weighted by Crippen LogP contribution is 2.31. The van der Waals surface area contributed by atoms with E-state index in [1.165, 1.54) is 4.90 Å². The van der Waals surface area contributed by atoms with Crippen LogP contribution in [0.1, 0.15) is 42.1 Å². The Balaban J connectivity index is 2.26. The SMILES string of the molecule is CC1CCCN(C(=O)c2cc(C(F)(F)F)ccc2F)CC1. The van der Waals surface area contributed by atoms with Gasteiger partial charge in [0.1, 0.15) is 5.82 Å². The third-order valence-electron chi connectivity index (χ3n) is 3.83. The van der Waals surface area contributed by atoms with Crippen LogP contribution in [-0.2, 0) is 6.18 Å². The van der Waals surface area contributed by atoms with Gasteiger partial charge in [0.05, 0.1) is 11.1 Å². The highest BCUT2D eigenvalue weighted by molar-refractivity contribution is 5.94. The summed E-state index contributed by atoms with van der Waals surface area (Å²) in [6, 6.07) is 1.96. The second-order valence-corrected chi connectivity index (χ2v) is 5.52. The van der Waals surface area contributed by atoms with Gasteiger partial charge in [-0.2, -0.15) is 13.2 Å². The molecule has 1 aliphatic rings. The lowest BCUT2D eigenvalue weighted by atomic mass is 10.0. The van der Waals surface area contributed by atoms with Gasteiger partial charge in [0.15, 0.2) is 0 Å². The molecule has 1 unspecified atom stereocenters. The Morgan fingerprint density at radius 1 is 1.24 bits per heavy atom. The van der Waals surface area contributed by atoms with Gasteiger partial charge in [-0.05, 0) is 43.4 Å². The van der Waals surface area contributed by atoms with Crippen molar-refractivity contribution in [2.75, 3.05) is 13.1 Å². The summed E-state index contributed by atoms with van der Waals surface area (Å²) in [6.45, 7) is 2.98. The predicted molar refractivity (Wildman–Crippen MR) is 70.3 cm³/mol. The molecule has 1 aromatic rings. The van der Waals surface area contributed by atoms with Crippen LogP contribution in [0.3, 0.4) is 0 Å². The minimum atomic E-state index is -4.59. The number of rotatable bonds is 1. The first-order valence-corrected chi connectivity index (χ1v) is 6.95. The Morgan fingerprint density at radius 2 is 1.95 bits per heavy atom. The number of likely N-dealkylation sites (tertiary alicyclic amines) is 1. The van der Waals surface area contributed by atoms with Crippen molar-refractivity contribution in [1.82, 2.24) is 4.90 Å². The van der Waals surface area contributed by atoms with Crippen molar-refractivity contribution in [3.63, 3.8) is 0 Å². The lowest BCUT2D eigenvalue weighted by Gasteiger charge is -2.21. The largest absolute Gasteiger partial charge is 0.416 e. The number of alkyl halides is 3. The Bertz CT molecular complexity index is 527.